The molecule has 1 atom stereocenters. The van der Waals surface area contributed by atoms with Crippen LogP contribution in [0.5, 0.6) is 5.75 Å². The number of halogens is 1. The third-order valence-electron chi connectivity index (χ3n) is 4.61. The Labute approximate surface area is 143 Å². The van der Waals surface area contributed by atoms with Gasteiger partial charge in [-0.15, -0.1) is 0 Å². The van der Waals surface area contributed by atoms with E-state index in [1.165, 1.54) is 24.3 Å². The molecule has 2 aromatic rings. The third kappa shape index (κ3) is 4.13. The average molecular weight is 328 g/mol. The maximum Gasteiger partial charge on any atom is 0.165 e. The third-order valence-corrected chi connectivity index (χ3v) is 4.61. The van der Waals surface area contributed by atoms with Gasteiger partial charge in [-0.1, -0.05) is 30.3 Å². The topological polar surface area (TPSA) is 24.5 Å². The first-order valence-corrected chi connectivity index (χ1v) is 8.50. The van der Waals surface area contributed by atoms with Crippen molar-refractivity contribution >= 4 is 0 Å². The normalized spacial score (nSPS) is 15.8. The quantitative estimate of drug-likeness (QED) is 0.880. The molecular weight excluding hydrogens is 303 g/mol. The maximum absolute atomic E-state index is 13.7. The summed E-state index contributed by atoms with van der Waals surface area (Å²) < 4.78 is 18.7. The molecule has 24 heavy (non-hydrogen) atoms. The molecule has 0 amide bonds. The molecule has 0 saturated heterocycles. The maximum atomic E-state index is 13.7. The van der Waals surface area contributed by atoms with E-state index in [9.17, 15) is 4.39 Å². The van der Waals surface area contributed by atoms with E-state index in [1.54, 1.807) is 6.07 Å². The fourth-order valence-corrected chi connectivity index (χ4v) is 3.27. The molecule has 4 heteroatoms. The van der Waals surface area contributed by atoms with Crippen molar-refractivity contribution in [3.63, 3.8) is 0 Å². The zero-order valence-electron chi connectivity index (χ0n) is 14.4. The number of nitrogens with zero attached hydrogens (tertiary/aromatic N) is 1. The van der Waals surface area contributed by atoms with Crippen LogP contribution in [0.15, 0.2) is 42.5 Å². The van der Waals surface area contributed by atoms with Gasteiger partial charge >= 0.3 is 0 Å². The Morgan fingerprint density at radius 1 is 1.21 bits per heavy atom. The van der Waals surface area contributed by atoms with Crippen LogP contribution in [0.3, 0.4) is 0 Å². The van der Waals surface area contributed by atoms with Gasteiger partial charge < -0.3 is 10.1 Å². The smallest absolute Gasteiger partial charge is 0.165 e. The summed E-state index contributed by atoms with van der Waals surface area (Å²) in [7, 11) is 1.48. The van der Waals surface area contributed by atoms with Gasteiger partial charge in [0.15, 0.2) is 11.6 Å². The SMILES string of the molecule is COc1ccc(CNC(C)CN2CCc3ccccc3C2)cc1F. The Kier molecular flexibility index (Phi) is 5.48. The molecule has 1 unspecified atom stereocenters. The van der Waals surface area contributed by atoms with Crippen LogP contribution in [-0.2, 0) is 19.5 Å². The molecule has 0 radical (unpaired) electrons. The first kappa shape index (κ1) is 16.9. The average Bonchev–Trinajstić information content (AvgIpc) is 2.60. The first-order chi connectivity index (χ1) is 11.7. The zero-order valence-corrected chi connectivity index (χ0v) is 14.4. The summed E-state index contributed by atoms with van der Waals surface area (Å²) in [6, 6.07) is 14.1. The Hall–Kier alpha value is -1.91. The number of methoxy groups -OCH3 is 1. The Balaban J connectivity index is 1.50. The van der Waals surface area contributed by atoms with Crippen LogP contribution >= 0.6 is 0 Å². The van der Waals surface area contributed by atoms with Crippen LogP contribution in [0, 0.1) is 5.82 Å². The van der Waals surface area contributed by atoms with Crippen molar-refractivity contribution < 1.29 is 9.13 Å². The highest BCUT2D eigenvalue weighted by atomic mass is 19.1. The lowest BCUT2D eigenvalue weighted by Crippen LogP contribution is -2.41. The number of benzene rings is 2. The fourth-order valence-electron chi connectivity index (χ4n) is 3.27. The van der Waals surface area contributed by atoms with Crippen LogP contribution in [-0.4, -0.2) is 31.1 Å². The van der Waals surface area contributed by atoms with E-state index in [0.29, 0.717) is 18.3 Å². The van der Waals surface area contributed by atoms with Crippen LogP contribution < -0.4 is 10.1 Å². The van der Waals surface area contributed by atoms with Gasteiger partial charge in [0.1, 0.15) is 0 Å². The fraction of sp³-hybridized carbons (Fsp3) is 0.400. The summed E-state index contributed by atoms with van der Waals surface area (Å²) >= 11 is 0. The van der Waals surface area contributed by atoms with Gasteiger partial charge in [0.2, 0.25) is 0 Å². The highest BCUT2D eigenvalue weighted by molar-refractivity contribution is 5.30. The van der Waals surface area contributed by atoms with Crippen LogP contribution in [0.2, 0.25) is 0 Å². The molecule has 1 aliphatic rings. The minimum atomic E-state index is -0.308. The number of nitrogens with one attached hydrogen (secondary N) is 1. The standard InChI is InChI=1S/C20H25FN2O/c1-15(22-12-16-7-8-20(24-2)19(21)11-16)13-23-10-9-17-5-3-4-6-18(17)14-23/h3-8,11,15,22H,9-10,12-14H2,1-2H3. The van der Waals surface area contributed by atoms with Gasteiger partial charge in [-0.05, 0) is 42.2 Å². The molecule has 3 nitrogen and oxygen atoms in total. The molecule has 0 bridgehead atoms. The van der Waals surface area contributed by atoms with Gasteiger partial charge in [0.25, 0.3) is 0 Å². The summed E-state index contributed by atoms with van der Waals surface area (Å²) in [5.74, 6) is -0.0177. The van der Waals surface area contributed by atoms with Gasteiger partial charge in [0, 0.05) is 32.2 Å². The minimum Gasteiger partial charge on any atom is -0.494 e. The lowest BCUT2D eigenvalue weighted by Gasteiger charge is -2.31. The predicted molar refractivity (Wildman–Crippen MR) is 94.7 cm³/mol. The summed E-state index contributed by atoms with van der Waals surface area (Å²) in [5, 5.41) is 3.49. The molecule has 0 spiro atoms. The molecule has 0 fully saturated rings. The number of rotatable bonds is 6. The lowest BCUT2D eigenvalue weighted by atomic mass is 9.99. The predicted octanol–water partition coefficient (Wildman–Crippen LogP) is 3.37. The second kappa shape index (κ2) is 7.77. The molecule has 0 saturated carbocycles. The van der Waals surface area contributed by atoms with Crippen LogP contribution in [0.1, 0.15) is 23.6 Å². The summed E-state index contributed by atoms with van der Waals surface area (Å²) in [4.78, 5) is 2.48. The number of fused-ring (bicyclic) bond motifs is 1. The van der Waals surface area contributed by atoms with Gasteiger partial charge in [-0.2, -0.15) is 0 Å². The molecule has 0 aliphatic carbocycles. The van der Waals surface area contributed by atoms with E-state index in [0.717, 1.165) is 31.6 Å². The molecule has 3 rings (SSSR count). The molecular formula is C20H25FN2O. The monoisotopic (exact) mass is 328 g/mol. The second-order valence-electron chi connectivity index (χ2n) is 6.50. The van der Waals surface area contributed by atoms with Crippen LogP contribution in [0.4, 0.5) is 4.39 Å². The molecule has 1 heterocycles. The van der Waals surface area contributed by atoms with Crippen molar-refractivity contribution in [2.45, 2.75) is 32.5 Å². The lowest BCUT2D eigenvalue weighted by molar-refractivity contribution is 0.229. The first-order valence-electron chi connectivity index (χ1n) is 8.50. The second-order valence-corrected chi connectivity index (χ2v) is 6.50. The van der Waals surface area contributed by atoms with Gasteiger partial charge in [-0.3, -0.25) is 4.90 Å². The minimum absolute atomic E-state index is 0.291. The highest BCUT2D eigenvalue weighted by Crippen LogP contribution is 2.19. The number of hydrogen-bond acceptors (Lipinski definition) is 3. The molecule has 1 N–H and O–H groups in total. The van der Waals surface area contributed by atoms with Crippen molar-refractivity contribution in [3.8, 4) is 5.75 Å². The van der Waals surface area contributed by atoms with Crippen molar-refractivity contribution in [2.75, 3.05) is 20.2 Å². The molecule has 128 valence electrons. The van der Waals surface area contributed by atoms with E-state index in [1.807, 2.05) is 6.07 Å². The number of ether oxygens (including phenoxy) is 1. The Morgan fingerprint density at radius 3 is 2.75 bits per heavy atom. The van der Waals surface area contributed by atoms with E-state index in [4.69, 9.17) is 4.74 Å². The van der Waals surface area contributed by atoms with Crippen molar-refractivity contribution in [2.24, 2.45) is 0 Å². The Morgan fingerprint density at radius 2 is 2.00 bits per heavy atom. The molecule has 1 aliphatic heterocycles. The summed E-state index contributed by atoms with van der Waals surface area (Å²) in [6.07, 6.45) is 1.12. The molecule has 0 aromatic heterocycles. The van der Waals surface area contributed by atoms with Crippen molar-refractivity contribution in [1.82, 2.24) is 10.2 Å². The van der Waals surface area contributed by atoms with E-state index >= 15 is 0 Å². The largest absolute Gasteiger partial charge is 0.494 e. The molecule has 2 aromatic carbocycles. The summed E-state index contributed by atoms with van der Waals surface area (Å²) in [5.41, 5.74) is 3.85. The highest BCUT2D eigenvalue weighted by Gasteiger charge is 2.17. The van der Waals surface area contributed by atoms with E-state index in [2.05, 4.69) is 41.4 Å². The van der Waals surface area contributed by atoms with E-state index in [-0.39, 0.29) is 5.82 Å². The number of hydrogen-bond donors (Lipinski definition) is 1. The van der Waals surface area contributed by atoms with E-state index < -0.39 is 0 Å². The van der Waals surface area contributed by atoms with Crippen molar-refractivity contribution in [1.29, 1.82) is 0 Å². The van der Waals surface area contributed by atoms with Crippen molar-refractivity contribution in [3.05, 3.63) is 65.0 Å². The zero-order chi connectivity index (χ0) is 16.9. The van der Waals surface area contributed by atoms with Gasteiger partial charge in [-0.25, -0.2) is 4.39 Å². The van der Waals surface area contributed by atoms with Crippen LogP contribution in [0.25, 0.3) is 0 Å². The summed E-state index contributed by atoms with van der Waals surface area (Å²) in [6.45, 7) is 5.94. The van der Waals surface area contributed by atoms with Gasteiger partial charge in [0.05, 0.1) is 7.11 Å². The Bertz CT molecular complexity index is 689.